The van der Waals surface area contributed by atoms with E-state index in [1.54, 1.807) is 0 Å². The van der Waals surface area contributed by atoms with Crippen molar-refractivity contribution >= 4 is 15.9 Å². The molecule has 0 unspecified atom stereocenters. The van der Waals surface area contributed by atoms with Gasteiger partial charge in [-0.05, 0) is 42.2 Å². The molecule has 0 saturated carbocycles. The molecule has 76 valence electrons. The molecule has 0 heterocycles. The lowest BCUT2D eigenvalue weighted by Crippen LogP contribution is -1.90. The van der Waals surface area contributed by atoms with Crippen LogP contribution in [0, 0.1) is 6.92 Å². The first-order valence-electron chi connectivity index (χ1n) is 5.04. The zero-order valence-electron chi connectivity index (χ0n) is 8.70. The summed E-state index contributed by atoms with van der Waals surface area (Å²) in [5.74, 6) is 0. The minimum absolute atomic E-state index is 1.01. The number of aryl methyl sites for hydroxylation is 1. The van der Waals surface area contributed by atoms with Crippen LogP contribution < -0.4 is 0 Å². The predicted octanol–water partition coefficient (Wildman–Crippen LogP) is 4.35. The van der Waals surface area contributed by atoms with Crippen molar-refractivity contribution < 1.29 is 0 Å². The summed E-state index contributed by atoms with van der Waals surface area (Å²) in [4.78, 5) is 0. The minimum atomic E-state index is 1.01. The topological polar surface area (TPSA) is 0 Å². The van der Waals surface area contributed by atoms with Gasteiger partial charge in [-0.1, -0.05) is 52.3 Å². The maximum Gasteiger partial charge on any atom is 0.0178 e. The Balaban J connectivity index is 2.26. The fraction of sp³-hybridized carbons (Fsp3) is 0.143. The highest BCUT2D eigenvalue weighted by molar-refractivity contribution is 9.10. The van der Waals surface area contributed by atoms with Gasteiger partial charge in [-0.25, -0.2) is 0 Å². The van der Waals surface area contributed by atoms with Crippen LogP contribution in [0.4, 0.5) is 0 Å². The van der Waals surface area contributed by atoms with E-state index in [0.717, 1.165) is 10.9 Å². The summed E-state index contributed by atoms with van der Waals surface area (Å²) in [5.41, 5.74) is 4.10. The molecule has 0 N–H and O–H groups in total. The molecule has 1 heteroatoms. The van der Waals surface area contributed by atoms with Gasteiger partial charge < -0.3 is 0 Å². The van der Waals surface area contributed by atoms with Crippen LogP contribution in [-0.2, 0) is 6.42 Å². The van der Waals surface area contributed by atoms with Crippen molar-refractivity contribution in [3.63, 3.8) is 0 Å². The Morgan fingerprint density at radius 2 is 1.80 bits per heavy atom. The quantitative estimate of drug-likeness (QED) is 0.754. The molecule has 0 aliphatic carbocycles. The second-order valence-corrected chi connectivity index (χ2v) is 4.65. The van der Waals surface area contributed by atoms with Crippen molar-refractivity contribution in [2.24, 2.45) is 0 Å². The second-order valence-electron chi connectivity index (χ2n) is 3.73. The standard InChI is InChI=1S/C14H13Br/c1-11-5-2-3-7-13(11)9-12-6-4-8-14(15)10-12/h2-8,10H,9H2,1H3. The third kappa shape index (κ3) is 2.69. The first-order chi connectivity index (χ1) is 7.25. The maximum absolute atomic E-state index is 3.49. The molecule has 0 amide bonds. The molecule has 15 heavy (non-hydrogen) atoms. The molecular weight excluding hydrogens is 248 g/mol. The summed E-state index contributed by atoms with van der Waals surface area (Å²) < 4.78 is 1.15. The van der Waals surface area contributed by atoms with Gasteiger partial charge in [-0.15, -0.1) is 0 Å². The third-order valence-electron chi connectivity index (χ3n) is 2.54. The van der Waals surface area contributed by atoms with E-state index in [1.807, 2.05) is 0 Å². The summed E-state index contributed by atoms with van der Waals surface area (Å²) in [6, 6.07) is 17.0. The smallest absolute Gasteiger partial charge is 0.0178 e. The molecule has 0 aliphatic heterocycles. The second kappa shape index (κ2) is 4.63. The lowest BCUT2D eigenvalue weighted by Gasteiger charge is -2.05. The van der Waals surface area contributed by atoms with E-state index in [-0.39, 0.29) is 0 Å². The Morgan fingerprint density at radius 1 is 1.00 bits per heavy atom. The average molecular weight is 261 g/mol. The van der Waals surface area contributed by atoms with Gasteiger partial charge in [0.15, 0.2) is 0 Å². The van der Waals surface area contributed by atoms with Gasteiger partial charge in [0.05, 0.1) is 0 Å². The highest BCUT2D eigenvalue weighted by Gasteiger charge is 1.99. The van der Waals surface area contributed by atoms with Crippen LogP contribution >= 0.6 is 15.9 Å². The number of hydrogen-bond acceptors (Lipinski definition) is 0. The van der Waals surface area contributed by atoms with Crippen LogP contribution in [-0.4, -0.2) is 0 Å². The SMILES string of the molecule is Cc1ccccc1Cc1cccc(Br)c1. The highest BCUT2D eigenvalue weighted by atomic mass is 79.9. The lowest BCUT2D eigenvalue weighted by atomic mass is 10.0. The van der Waals surface area contributed by atoms with E-state index < -0.39 is 0 Å². The van der Waals surface area contributed by atoms with Crippen LogP contribution in [0.5, 0.6) is 0 Å². The first-order valence-corrected chi connectivity index (χ1v) is 5.84. The van der Waals surface area contributed by atoms with Crippen LogP contribution in [0.2, 0.25) is 0 Å². The Labute approximate surface area is 99.1 Å². The van der Waals surface area contributed by atoms with Crippen molar-refractivity contribution in [3.8, 4) is 0 Å². The molecule has 0 aromatic heterocycles. The van der Waals surface area contributed by atoms with Crippen molar-refractivity contribution in [3.05, 3.63) is 69.7 Å². The molecule has 2 rings (SSSR count). The molecule has 0 atom stereocenters. The molecule has 0 radical (unpaired) electrons. The number of benzene rings is 2. The lowest BCUT2D eigenvalue weighted by molar-refractivity contribution is 1.15. The van der Waals surface area contributed by atoms with E-state index >= 15 is 0 Å². The van der Waals surface area contributed by atoms with E-state index in [2.05, 4.69) is 71.4 Å². The van der Waals surface area contributed by atoms with E-state index in [4.69, 9.17) is 0 Å². The zero-order chi connectivity index (χ0) is 10.7. The molecule has 0 fully saturated rings. The van der Waals surface area contributed by atoms with E-state index in [1.165, 1.54) is 16.7 Å². The van der Waals surface area contributed by atoms with Crippen LogP contribution in [0.1, 0.15) is 16.7 Å². The third-order valence-corrected chi connectivity index (χ3v) is 3.04. The Hall–Kier alpha value is -1.08. The molecule has 0 aliphatic rings. The Kier molecular flexibility index (Phi) is 3.22. The van der Waals surface area contributed by atoms with Gasteiger partial charge in [0.25, 0.3) is 0 Å². The fourth-order valence-corrected chi connectivity index (χ4v) is 2.12. The molecule has 0 spiro atoms. The van der Waals surface area contributed by atoms with Crippen LogP contribution in [0.15, 0.2) is 53.0 Å². The summed E-state index contributed by atoms with van der Waals surface area (Å²) >= 11 is 3.49. The van der Waals surface area contributed by atoms with Gasteiger partial charge in [0.2, 0.25) is 0 Å². The first kappa shape index (κ1) is 10.4. The van der Waals surface area contributed by atoms with Crippen molar-refractivity contribution in [2.45, 2.75) is 13.3 Å². The van der Waals surface area contributed by atoms with E-state index in [9.17, 15) is 0 Å². The van der Waals surface area contributed by atoms with Crippen LogP contribution in [0.3, 0.4) is 0 Å². The van der Waals surface area contributed by atoms with E-state index in [0.29, 0.717) is 0 Å². The molecule has 2 aromatic rings. The number of halogens is 1. The fourth-order valence-electron chi connectivity index (χ4n) is 1.68. The van der Waals surface area contributed by atoms with Gasteiger partial charge in [0.1, 0.15) is 0 Å². The monoisotopic (exact) mass is 260 g/mol. The summed E-state index contributed by atoms with van der Waals surface area (Å²) in [7, 11) is 0. The summed E-state index contributed by atoms with van der Waals surface area (Å²) in [6.45, 7) is 2.16. The van der Waals surface area contributed by atoms with Crippen LogP contribution in [0.25, 0.3) is 0 Å². The average Bonchev–Trinajstić information content (AvgIpc) is 2.22. The molecule has 2 aromatic carbocycles. The van der Waals surface area contributed by atoms with Crippen molar-refractivity contribution in [1.82, 2.24) is 0 Å². The summed E-state index contributed by atoms with van der Waals surface area (Å²) in [5, 5.41) is 0. The van der Waals surface area contributed by atoms with Gasteiger partial charge in [-0.3, -0.25) is 0 Å². The minimum Gasteiger partial charge on any atom is -0.0620 e. The predicted molar refractivity (Wildman–Crippen MR) is 68.1 cm³/mol. The number of hydrogen-bond donors (Lipinski definition) is 0. The molecule has 0 nitrogen and oxygen atoms in total. The highest BCUT2D eigenvalue weighted by Crippen LogP contribution is 2.17. The van der Waals surface area contributed by atoms with Gasteiger partial charge >= 0.3 is 0 Å². The Morgan fingerprint density at radius 3 is 2.53 bits per heavy atom. The largest absolute Gasteiger partial charge is 0.0620 e. The van der Waals surface area contributed by atoms with Crippen molar-refractivity contribution in [2.75, 3.05) is 0 Å². The normalized spacial score (nSPS) is 10.3. The number of rotatable bonds is 2. The maximum atomic E-state index is 3.49. The van der Waals surface area contributed by atoms with Gasteiger partial charge in [0, 0.05) is 4.47 Å². The molecule has 0 saturated heterocycles. The Bertz CT molecular complexity index is 460. The zero-order valence-corrected chi connectivity index (χ0v) is 10.3. The molecular formula is C14H13Br. The van der Waals surface area contributed by atoms with Crippen molar-refractivity contribution in [1.29, 1.82) is 0 Å². The molecule has 0 bridgehead atoms. The summed E-state index contributed by atoms with van der Waals surface area (Å²) in [6.07, 6.45) is 1.01. The van der Waals surface area contributed by atoms with Gasteiger partial charge in [-0.2, -0.15) is 0 Å².